The first-order chi connectivity index (χ1) is 12.7. The Balaban J connectivity index is 3.20. The molecule has 0 aromatic heterocycles. The Morgan fingerprint density at radius 3 is 1.92 bits per heavy atom. The van der Waals surface area contributed by atoms with Gasteiger partial charge < -0.3 is 9.84 Å². The normalized spacial score (nSPS) is 12.6. The molecule has 0 aliphatic carbocycles. The number of ether oxygens (including phenoxy) is 1. The third kappa shape index (κ3) is 19.5. The maximum absolute atomic E-state index is 11.0. The molecule has 0 aromatic rings. The molecular weight excluding hydrogens is 324 g/mol. The van der Waals surface area contributed by atoms with Gasteiger partial charge in [0.25, 0.3) is 0 Å². The Labute approximate surface area is 162 Å². The fourth-order valence-corrected chi connectivity index (χ4v) is 3.18. The number of esters is 1. The summed E-state index contributed by atoms with van der Waals surface area (Å²) >= 11 is 0. The number of hydrogen-bond acceptors (Lipinski definition) is 3. The Hall–Kier alpha value is -0.830. The first-order valence-electron chi connectivity index (χ1n) is 11.1. The van der Waals surface area contributed by atoms with E-state index in [1.807, 2.05) is 6.08 Å². The van der Waals surface area contributed by atoms with Crippen molar-refractivity contribution in [3.63, 3.8) is 0 Å². The fraction of sp³-hybridized carbons (Fsp3) is 0.870. The molecule has 154 valence electrons. The van der Waals surface area contributed by atoms with E-state index in [0.717, 1.165) is 32.1 Å². The molecule has 0 heterocycles. The number of carbonyl (C=O) groups is 1. The van der Waals surface area contributed by atoms with Crippen LogP contribution in [0.2, 0.25) is 0 Å². The second kappa shape index (κ2) is 20.5. The highest BCUT2D eigenvalue weighted by Crippen LogP contribution is 2.13. The van der Waals surface area contributed by atoms with E-state index in [-0.39, 0.29) is 12.1 Å². The quantitative estimate of drug-likeness (QED) is 0.156. The van der Waals surface area contributed by atoms with Gasteiger partial charge in [-0.25, -0.2) is 0 Å². The molecule has 0 saturated heterocycles. The van der Waals surface area contributed by atoms with Crippen molar-refractivity contribution >= 4 is 5.97 Å². The van der Waals surface area contributed by atoms with Crippen LogP contribution in [0.25, 0.3) is 0 Å². The van der Waals surface area contributed by atoms with E-state index in [4.69, 9.17) is 0 Å². The zero-order valence-corrected chi connectivity index (χ0v) is 17.5. The van der Waals surface area contributed by atoms with Crippen molar-refractivity contribution in [1.29, 1.82) is 0 Å². The molecule has 0 saturated carbocycles. The highest BCUT2D eigenvalue weighted by Gasteiger charge is 2.00. The second-order valence-corrected chi connectivity index (χ2v) is 7.50. The van der Waals surface area contributed by atoms with Crippen LogP contribution in [-0.4, -0.2) is 24.3 Å². The molecule has 1 unspecified atom stereocenters. The number of aliphatic hydroxyl groups is 1. The van der Waals surface area contributed by atoms with E-state index in [0.29, 0.717) is 6.42 Å². The molecule has 0 aliphatic rings. The minimum Gasteiger partial charge on any atom is -0.469 e. The summed E-state index contributed by atoms with van der Waals surface area (Å²) in [5.41, 5.74) is 0. The third-order valence-electron chi connectivity index (χ3n) is 4.94. The van der Waals surface area contributed by atoms with Crippen LogP contribution in [0, 0.1) is 0 Å². The Bertz CT molecular complexity index is 325. The largest absolute Gasteiger partial charge is 0.469 e. The van der Waals surface area contributed by atoms with E-state index in [2.05, 4.69) is 17.7 Å². The average molecular weight is 369 g/mol. The number of methoxy groups -OCH3 is 1. The van der Waals surface area contributed by atoms with Gasteiger partial charge in [-0.3, -0.25) is 4.79 Å². The third-order valence-corrected chi connectivity index (χ3v) is 4.94. The lowest BCUT2D eigenvalue weighted by Crippen LogP contribution is -2.01. The number of allylic oxidation sites excluding steroid dienone is 1. The van der Waals surface area contributed by atoms with Crippen molar-refractivity contribution in [2.75, 3.05) is 7.11 Å². The smallest absolute Gasteiger partial charge is 0.305 e. The molecule has 0 aromatic carbocycles. The van der Waals surface area contributed by atoms with E-state index < -0.39 is 0 Å². The zero-order chi connectivity index (χ0) is 19.3. The summed E-state index contributed by atoms with van der Waals surface area (Å²) in [4.78, 5) is 11.0. The summed E-state index contributed by atoms with van der Waals surface area (Å²) in [5.74, 6) is -0.0829. The highest BCUT2D eigenvalue weighted by molar-refractivity contribution is 5.68. The van der Waals surface area contributed by atoms with E-state index >= 15 is 0 Å². The van der Waals surface area contributed by atoms with Crippen molar-refractivity contribution in [3.05, 3.63) is 12.2 Å². The van der Waals surface area contributed by atoms with Gasteiger partial charge in [-0.1, -0.05) is 96.1 Å². The van der Waals surface area contributed by atoms with Crippen LogP contribution in [-0.2, 0) is 9.53 Å². The van der Waals surface area contributed by atoms with E-state index in [9.17, 15) is 9.90 Å². The lowest BCUT2D eigenvalue weighted by atomic mass is 10.0. The van der Waals surface area contributed by atoms with Gasteiger partial charge in [0.2, 0.25) is 0 Å². The zero-order valence-electron chi connectivity index (χ0n) is 17.5. The van der Waals surface area contributed by atoms with Crippen LogP contribution >= 0.6 is 0 Å². The van der Waals surface area contributed by atoms with Gasteiger partial charge in [0.1, 0.15) is 0 Å². The minimum absolute atomic E-state index is 0.0829. The van der Waals surface area contributed by atoms with Gasteiger partial charge in [0.15, 0.2) is 0 Å². The summed E-state index contributed by atoms with van der Waals surface area (Å²) in [6.07, 6.45) is 23.9. The lowest BCUT2D eigenvalue weighted by Gasteiger charge is -2.06. The van der Waals surface area contributed by atoms with Crippen LogP contribution in [0.1, 0.15) is 116 Å². The number of unbranched alkanes of at least 4 members (excludes halogenated alkanes) is 13. The average Bonchev–Trinajstić information content (AvgIpc) is 2.65. The molecule has 0 rings (SSSR count). The Morgan fingerprint density at radius 2 is 1.38 bits per heavy atom. The molecule has 0 aliphatic heterocycles. The Morgan fingerprint density at radius 1 is 0.846 bits per heavy atom. The fourth-order valence-electron chi connectivity index (χ4n) is 3.18. The van der Waals surface area contributed by atoms with Crippen molar-refractivity contribution in [2.24, 2.45) is 0 Å². The standard InChI is InChI=1S/C23H44O3/c1-3-4-5-13-16-19-22(24)20-17-14-11-9-7-6-8-10-12-15-18-21-23(25)26-2/h16,19,22,24H,3-15,17-18,20-21H2,1-2H3/b19-16+. The van der Waals surface area contributed by atoms with Crippen molar-refractivity contribution < 1.29 is 14.6 Å². The molecule has 0 spiro atoms. The summed E-state index contributed by atoms with van der Waals surface area (Å²) in [5, 5.41) is 9.90. The Kier molecular flexibility index (Phi) is 19.8. The van der Waals surface area contributed by atoms with E-state index in [1.165, 1.54) is 77.7 Å². The number of aliphatic hydroxyl groups excluding tert-OH is 1. The van der Waals surface area contributed by atoms with Gasteiger partial charge in [0, 0.05) is 6.42 Å². The molecule has 0 amide bonds. The number of hydrogen-bond donors (Lipinski definition) is 1. The van der Waals surface area contributed by atoms with Crippen LogP contribution in [0.4, 0.5) is 0 Å². The minimum atomic E-state index is -0.240. The second-order valence-electron chi connectivity index (χ2n) is 7.50. The molecular formula is C23H44O3. The van der Waals surface area contributed by atoms with Gasteiger partial charge in [0.05, 0.1) is 13.2 Å². The first-order valence-corrected chi connectivity index (χ1v) is 11.1. The van der Waals surface area contributed by atoms with E-state index in [1.54, 1.807) is 0 Å². The van der Waals surface area contributed by atoms with Gasteiger partial charge in [-0.05, 0) is 25.7 Å². The number of carbonyl (C=O) groups excluding carboxylic acids is 1. The number of rotatable bonds is 19. The monoisotopic (exact) mass is 368 g/mol. The van der Waals surface area contributed by atoms with Crippen molar-refractivity contribution in [2.45, 2.75) is 122 Å². The summed E-state index contributed by atoms with van der Waals surface area (Å²) in [6, 6.07) is 0. The van der Waals surface area contributed by atoms with Gasteiger partial charge in [-0.2, -0.15) is 0 Å². The van der Waals surface area contributed by atoms with Crippen LogP contribution in [0.5, 0.6) is 0 Å². The maximum atomic E-state index is 11.0. The summed E-state index contributed by atoms with van der Waals surface area (Å²) in [7, 11) is 1.46. The molecule has 3 nitrogen and oxygen atoms in total. The molecule has 3 heteroatoms. The predicted molar refractivity (Wildman–Crippen MR) is 111 cm³/mol. The molecule has 26 heavy (non-hydrogen) atoms. The van der Waals surface area contributed by atoms with Crippen LogP contribution < -0.4 is 0 Å². The molecule has 1 N–H and O–H groups in total. The van der Waals surface area contributed by atoms with Crippen LogP contribution in [0.15, 0.2) is 12.2 Å². The molecule has 0 bridgehead atoms. The van der Waals surface area contributed by atoms with Crippen LogP contribution in [0.3, 0.4) is 0 Å². The first kappa shape index (κ1) is 25.2. The topological polar surface area (TPSA) is 46.5 Å². The molecule has 1 atom stereocenters. The SMILES string of the molecule is CCCCC/C=C/C(O)CCCCCCCCCCCCCC(=O)OC. The summed E-state index contributed by atoms with van der Waals surface area (Å²) in [6.45, 7) is 2.22. The maximum Gasteiger partial charge on any atom is 0.305 e. The van der Waals surface area contributed by atoms with Crippen molar-refractivity contribution in [1.82, 2.24) is 0 Å². The van der Waals surface area contributed by atoms with Gasteiger partial charge in [-0.15, -0.1) is 0 Å². The lowest BCUT2D eigenvalue weighted by molar-refractivity contribution is -0.140. The van der Waals surface area contributed by atoms with Gasteiger partial charge >= 0.3 is 5.97 Å². The highest BCUT2D eigenvalue weighted by atomic mass is 16.5. The molecule has 0 radical (unpaired) electrons. The molecule has 0 fully saturated rings. The predicted octanol–water partition coefficient (Wildman–Crippen LogP) is 6.73. The van der Waals surface area contributed by atoms with Crippen molar-refractivity contribution in [3.8, 4) is 0 Å². The summed E-state index contributed by atoms with van der Waals surface area (Å²) < 4.78 is 4.64.